The van der Waals surface area contributed by atoms with E-state index in [9.17, 15) is 4.79 Å². The van der Waals surface area contributed by atoms with E-state index in [4.69, 9.17) is 11.6 Å². The molecule has 1 aromatic rings. The van der Waals surface area contributed by atoms with Gasteiger partial charge in [0.15, 0.2) is 0 Å². The predicted octanol–water partition coefficient (Wildman–Crippen LogP) is 4.21. The van der Waals surface area contributed by atoms with Gasteiger partial charge in [-0.05, 0) is 66.3 Å². The average molecular weight is 251 g/mol. The van der Waals surface area contributed by atoms with E-state index >= 15 is 0 Å². The van der Waals surface area contributed by atoms with Crippen LogP contribution in [0, 0.1) is 0 Å². The zero-order valence-corrected chi connectivity index (χ0v) is 11.1. The Morgan fingerprint density at radius 2 is 2.00 bits per heavy atom. The van der Waals surface area contributed by atoms with Gasteiger partial charge in [0.1, 0.15) is 0 Å². The zero-order valence-electron chi connectivity index (χ0n) is 10.3. The van der Waals surface area contributed by atoms with Gasteiger partial charge in [-0.3, -0.25) is 4.79 Å². The van der Waals surface area contributed by atoms with Crippen molar-refractivity contribution in [2.45, 2.75) is 51.4 Å². The van der Waals surface area contributed by atoms with E-state index in [0.29, 0.717) is 6.42 Å². The third-order valence-corrected chi connectivity index (χ3v) is 3.90. The molecule has 1 aromatic carbocycles. The molecule has 2 rings (SSSR count). The maximum atomic E-state index is 11.0. The number of benzene rings is 1. The van der Waals surface area contributed by atoms with Gasteiger partial charge in [-0.15, -0.1) is 0 Å². The van der Waals surface area contributed by atoms with E-state index in [-0.39, 0.29) is 11.2 Å². The molecular formula is C15H19ClO. The van der Waals surface area contributed by atoms with E-state index in [2.05, 4.69) is 25.1 Å². The molecule has 0 spiro atoms. The van der Waals surface area contributed by atoms with Crippen molar-refractivity contribution in [2.75, 3.05) is 0 Å². The van der Waals surface area contributed by atoms with E-state index in [0.717, 1.165) is 6.42 Å². The van der Waals surface area contributed by atoms with E-state index in [1.54, 1.807) is 0 Å². The highest BCUT2D eigenvalue weighted by molar-refractivity contribution is 6.63. The lowest BCUT2D eigenvalue weighted by Crippen LogP contribution is -2.06. The van der Waals surface area contributed by atoms with Crippen LogP contribution in [0.25, 0.3) is 0 Å². The first-order valence-corrected chi connectivity index (χ1v) is 6.88. The predicted molar refractivity (Wildman–Crippen MR) is 71.6 cm³/mol. The number of carbonyl (C=O) groups excluding carboxylic acids is 1. The Morgan fingerprint density at radius 3 is 2.65 bits per heavy atom. The quantitative estimate of drug-likeness (QED) is 0.732. The van der Waals surface area contributed by atoms with Gasteiger partial charge in [0.25, 0.3) is 0 Å². The summed E-state index contributed by atoms with van der Waals surface area (Å²) in [5.74, 6) is 0.284. The smallest absolute Gasteiger partial charge is 0.222 e. The third-order valence-electron chi connectivity index (χ3n) is 3.74. The Kier molecular flexibility index (Phi) is 4.22. The molecule has 1 atom stereocenters. The second kappa shape index (κ2) is 5.68. The standard InChI is InChI=1S/C15H19ClO/c1-2-11(10-15(16)17)14-8-7-12-5-3-4-6-13(12)9-14/h7-9,11H,2-6,10H2,1H3. The van der Waals surface area contributed by atoms with Crippen LogP contribution in [-0.4, -0.2) is 5.24 Å². The molecule has 1 unspecified atom stereocenters. The molecular weight excluding hydrogens is 232 g/mol. The molecule has 1 aliphatic carbocycles. The number of hydrogen-bond acceptors (Lipinski definition) is 1. The van der Waals surface area contributed by atoms with Gasteiger partial charge >= 0.3 is 0 Å². The van der Waals surface area contributed by atoms with Crippen LogP contribution in [0.4, 0.5) is 0 Å². The summed E-state index contributed by atoms with van der Waals surface area (Å²) < 4.78 is 0. The molecule has 0 aliphatic heterocycles. The molecule has 0 saturated carbocycles. The van der Waals surface area contributed by atoms with Crippen LogP contribution in [-0.2, 0) is 17.6 Å². The number of hydrogen-bond donors (Lipinski definition) is 0. The van der Waals surface area contributed by atoms with Gasteiger partial charge in [-0.25, -0.2) is 0 Å². The normalized spacial score (nSPS) is 16.4. The zero-order chi connectivity index (χ0) is 12.3. The maximum absolute atomic E-state index is 11.0. The molecule has 0 N–H and O–H groups in total. The Morgan fingerprint density at radius 1 is 1.29 bits per heavy atom. The molecule has 2 heteroatoms. The summed E-state index contributed by atoms with van der Waals surface area (Å²) in [6.07, 6.45) is 6.43. The molecule has 0 heterocycles. The first-order valence-electron chi connectivity index (χ1n) is 6.50. The minimum Gasteiger partial charge on any atom is -0.281 e. The van der Waals surface area contributed by atoms with Crippen LogP contribution in [0.5, 0.6) is 0 Å². The van der Waals surface area contributed by atoms with Crippen molar-refractivity contribution in [1.29, 1.82) is 0 Å². The van der Waals surface area contributed by atoms with E-state index in [1.165, 1.54) is 42.4 Å². The van der Waals surface area contributed by atoms with Crippen LogP contribution in [0.3, 0.4) is 0 Å². The number of fused-ring (bicyclic) bond motifs is 1. The molecule has 0 saturated heterocycles. The Labute approximate surface area is 108 Å². The average Bonchev–Trinajstić information content (AvgIpc) is 2.35. The summed E-state index contributed by atoms with van der Waals surface area (Å²) in [7, 11) is 0. The van der Waals surface area contributed by atoms with Crippen LogP contribution in [0.15, 0.2) is 18.2 Å². The van der Waals surface area contributed by atoms with Gasteiger partial charge in [0.05, 0.1) is 0 Å². The fourth-order valence-corrected chi connectivity index (χ4v) is 2.89. The molecule has 0 bridgehead atoms. The molecule has 0 aromatic heterocycles. The highest BCUT2D eigenvalue weighted by Crippen LogP contribution is 2.29. The Bertz CT molecular complexity index is 411. The summed E-state index contributed by atoms with van der Waals surface area (Å²) >= 11 is 5.51. The summed E-state index contributed by atoms with van der Waals surface area (Å²) in [5.41, 5.74) is 4.25. The third kappa shape index (κ3) is 3.10. The topological polar surface area (TPSA) is 17.1 Å². The molecule has 1 nitrogen and oxygen atoms in total. The number of halogens is 1. The van der Waals surface area contributed by atoms with Gasteiger partial charge in [-0.2, -0.15) is 0 Å². The number of carbonyl (C=O) groups is 1. The van der Waals surface area contributed by atoms with Crippen LogP contribution < -0.4 is 0 Å². The van der Waals surface area contributed by atoms with Crippen molar-refractivity contribution in [3.63, 3.8) is 0 Å². The summed E-state index contributed by atoms with van der Waals surface area (Å²) in [6, 6.07) is 6.71. The van der Waals surface area contributed by atoms with Crippen LogP contribution in [0.2, 0.25) is 0 Å². The largest absolute Gasteiger partial charge is 0.281 e. The first-order chi connectivity index (χ1) is 8.20. The summed E-state index contributed by atoms with van der Waals surface area (Å²) in [4.78, 5) is 11.0. The van der Waals surface area contributed by atoms with Gasteiger partial charge < -0.3 is 0 Å². The lowest BCUT2D eigenvalue weighted by Gasteiger charge is -2.19. The van der Waals surface area contributed by atoms with Gasteiger partial charge in [0, 0.05) is 6.42 Å². The van der Waals surface area contributed by atoms with E-state index in [1.807, 2.05) is 0 Å². The Hall–Kier alpha value is -0.820. The molecule has 0 radical (unpaired) electrons. The number of aryl methyl sites for hydroxylation is 2. The fourth-order valence-electron chi connectivity index (χ4n) is 2.70. The molecule has 1 aliphatic rings. The second-order valence-corrected chi connectivity index (χ2v) is 5.32. The molecule has 0 amide bonds. The number of rotatable bonds is 4. The molecule has 0 fully saturated rings. The molecule has 92 valence electrons. The van der Waals surface area contributed by atoms with Crippen molar-refractivity contribution in [1.82, 2.24) is 0 Å². The molecule has 17 heavy (non-hydrogen) atoms. The lowest BCUT2D eigenvalue weighted by molar-refractivity contribution is -0.112. The lowest BCUT2D eigenvalue weighted by atomic mass is 9.86. The Balaban J connectivity index is 2.22. The minimum atomic E-state index is -0.227. The maximum Gasteiger partial charge on any atom is 0.222 e. The monoisotopic (exact) mass is 250 g/mol. The second-order valence-electron chi connectivity index (χ2n) is 4.90. The minimum absolute atomic E-state index is 0.227. The van der Waals surface area contributed by atoms with Crippen molar-refractivity contribution >= 4 is 16.8 Å². The van der Waals surface area contributed by atoms with Crippen molar-refractivity contribution in [2.24, 2.45) is 0 Å². The van der Waals surface area contributed by atoms with Crippen LogP contribution >= 0.6 is 11.6 Å². The van der Waals surface area contributed by atoms with Crippen molar-refractivity contribution < 1.29 is 4.79 Å². The van der Waals surface area contributed by atoms with Crippen LogP contribution in [0.1, 0.15) is 55.2 Å². The SMILES string of the molecule is CCC(CC(=O)Cl)c1ccc2c(c1)CCCC2. The fraction of sp³-hybridized carbons (Fsp3) is 0.533. The first kappa shape index (κ1) is 12.6. The van der Waals surface area contributed by atoms with Crippen molar-refractivity contribution in [3.8, 4) is 0 Å². The summed E-state index contributed by atoms with van der Waals surface area (Å²) in [5, 5.41) is -0.227. The summed E-state index contributed by atoms with van der Waals surface area (Å²) in [6.45, 7) is 2.12. The van der Waals surface area contributed by atoms with Gasteiger partial charge in [-0.1, -0.05) is 25.1 Å². The van der Waals surface area contributed by atoms with E-state index < -0.39 is 0 Å². The van der Waals surface area contributed by atoms with Gasteiger partial charge in [0.2, 0.25) is 5.24 Å². The highest BCUT2D eigenvalue weighted by atomic mass is 35.5. The van der Waals surface area contributed by atoms with Crippen molar-refractivity contribution in [3.05, 3.63) is 34.9 Å². The highest BCUT2D eigenvalue weighted by Gasteiger charge is 2.16.